The van der Waals surface area contributed by atoms with Crippen molar-refractivity contribution in [1.82, 2.24) is 25.2 Å². The molecule has 1 unspecified atom stereocenters. The number of nitrogens with zero attached hydrogens (tertiary/aromatic N) is 5. The van der Waals surface area contributed by atoms with E-state index in [4.69, 9.17) is 4.74 Å². The van der Waals surface area contributed by atoms with Gasteiger partial charge in [-0.25, -0.2) is 9.48 Å². The molecule has 1 aromatic heterocycles. The second-order valence-corrected chi connectivity index (χ2v) is 11.1. The molecule has 35 heavy (non-hydrogen) atoms. The van der Waals surface area contributed by atoms with Crippen molar-refractivity contribution in [2.75, 3.05) is 31.1 Å². The highest BCUT2D eigenvalue weighted by atomic mass is 16.6. The van der Waals surface area contributed by atoms with E-state index in [2.05, 4.69) is 32.7 Å². The van der Waals surface area contributed by atoms with Crippen molar-refractivity contribution < 1.29 is 19.1 Å². The lowest BCUT2D eigenvalue weighted by Crippen LogP contribution is -2.49. The maximum Gasteiger partial charge on any atom is 0.410 e. The third-order valence-corrected chi connectivity index (χ3v) is 7.63. The summed E-state index contributed by atoms with van der Waals surface area (Å²) in [5.74, 6) is -0.563. The summed E-state index contributed by atoms with van der Waals surface area (Å²) in [6, 6.07) is 5.55. The van der Waals surface area contributed by atoms with Gasteiger partial charge in [-0.3, -0.25) is 14.9 Å². The van der Waals surface area contributed by atoms with Crippen LogP contribution in [0.4, 0.5) is 10.5 Å². The highest BCUT2D eigenvalue weighted by Gasteiger charge is 2.39. The maximum absolute atomic E-state index is 12.4. The van der Waals surface area contributed by atoms with Gasteiger partial charge in [0.1, 0.15) is 17.2 Å². The molecule has 3 fully saturated rings. The Bertz CT molecular complexity index is 1130. The van der Waals surface area contributed by atoms with E-state index < -0.39 is 11.6 Å². The number of hydrogen-bond donors (Lipinski definition) is 1. The number of anilines is 1. The average molecular weight is 483 g/mol. The van der Waals surface area contributed by atoms with E-state index in [1.54, 1.807) is 4.68 Å². The Kier molecular flexibility index (Phi) is 5.93. The molecule has 0 aliphatic carbocycles. The smallest absolute Gasteiger partial charge is 0.410 e. The third-order valence-electron chi connectivity index (χ3n) is 7.63. The van der Waals surface area contributed by atoms with Crippen LogP contribution in [0.2, 0.25) is 0 Å². The van der Waals surface area contributed by atoms with Crippen LogP contribution in [0.25, 0.3) is 11.0 Å². The zero-order valence-corrected chi connectivity index (χ0v) is 20.7. The number of imide groups is 1. The van der Waals surface area contributed by atoms with E-state index >= 15 is 0 Å². The molecule has 2 aromatic rings. The number of ether oxygens (including phenoxy) is 1. The van der Waals surface area contributed by atoms with Gasteiger partial charge in [0.15, 0.2) is 0 Å². The minimum atomic E-state index is -0.521. The summed E-state index contributed by atoms with van der Waals surface area (Å²) in [4.78, 5) is 40.6. The fraction of sp³-hybridized carbons (Fsp3) is 0.640. The topological polar surface area (TPSA) is 110 Å². The Hall–Kier alpha value is -3.17. The second kappa shape index (κ2) is 8.80. The van der Waals surface area contributed by atoms with Gasteiger partial charge in [0.05, 0.1) is 5.52 Å². The Morgan fingerprint density at radius 1 is 1.09 bits per heavy atom. The van der Waals surface area contributed by atoms with Crippen molar-refractivity contribution in [2.24, 2.45) is 5.41 Å². The van der Waals surface area contributed by atoms with Crippen LogP contribution < -0.4 is 10.2 Å². The fourth-order valence-corrected chi connectivity index (χ4v) is 5.50. The minimum absolute atomic E-state index is 0.209. The lowest BCUT2D eigenvalue weighted by molar-refractivity contribution is -0.135. The summed E-state index contributed by atoms with van der Waals surface area (Å²) in [6.07, 6.45) is 4.70. The number of carbonyl (C=O) groups excluding carboxylic acids is 3. The van der Waals surface area contributed by atoms with E-state index in [0.29, 0.717) is 12.8 Å². The van der Waals surface area contributed by atoms with Crippen molar-refractivity contribution in [1.29, 1.82) is 0 Å². The van der Waals surface area contributed by atoms with Gasteiger partial charge in [0.25, 0.3) is 5.91 Å². The first-order valence-corrected chi connectivity index (χ1v) is 12.5. The molecule has 0 radical (unpaired) electrons. The molecule has 0 saturated carbocycles. The first kappa shape index (κ1) is 23.6. The number of fused-ring (bicyclic) bond motifs is 1. The zero-order valence-electron chi connectivity index (χ0n) is 20.7. The Balaban J connectivity index is 1.23. The van der Waals surface area contributed by atoms with Crippen LogP contribution in [0.5, 0.6) is 0 Å². The lowest BCUT2D eigenvalue weighted by Gasteiger charge is -2.47. The first-order chi connectivity index (χ1) is 16.6. The van der Waals surface area contributed by atoms with Crippen LogP contribution in [0.3, 0.4) is 0 Å². The van der Waals surface area contributed by atoms with Crippen LogP contribution >= 0.6 is 0 Å². The molecule has 1 atom stereocenters. The monoisotopic (exact) mass is 482 g/mol. The molecular weight excluding hydrogens is 448 g/mol. The molecule has 1 N–H and O–H groups in total. The standard InChI is InChI=1S/C25H34N6O4/c1-24(2,3)35-23(34)30-14-10-25(11-15-30)8-12-29(13-9-25)17-4-5-18-20(16-17)31(28-27-18)19-6-7-21(32)26-22(19)33/h4-5,16,19H,6-15H2,1-3H3,(H,26,32,33). The molecule has 0 bridgehead atoms. The van der Waals surface area contributed by atoms with Crippen molar-refractivity contribution in [2.45, 2.75) is 70.9 Å². The highest BCUT2D eigenvalue weighted by Crippen LogP contribution is 2.42. The van der Waals surface area contributed by atoms with Gasteiger partial charge in [0.2, 0.25) is 5.91 Å². The number of piperidine rings is 3. The highest BCUT2D eigenvalue weighted by molar-refractivity contribution is 6.00. The third kappa shape index (κ3) is 4.83. The van der Waals surface area contributed by atoms with E-state index in [0.717, 1.165) is 68.6 Å². The van der Waals surface area contributed by atoms with E-state index in [1.807, 2.05) is 31.7 Å². The molecule has 3 amide bonds. The van der Waals surface area contributed by atoms with Crippen molar-refractivity contribution >= 4 is 34.6 Å². The number of aromatic nitrogens is 3. The van der Waals surface area contributed by atoms with Crippen LogP contribution in [0.1, 0.15) is 65.3 Å². The lowest BCUT2D eigenvalue weighted by atomic mass is 9.71. The molecule has 10 heteroatoms. The molecule has 10 nitrogen and oxygen atoms in total. The summed E-state index contributed by atoms with van der Waals surface area (Å²) in [7, 11) is 0. The van der Waals surface area contributed by atoms with Gasteiger partial charge in [-0.2, -0.15) is 0 Å². The Morgan fingerprint density at radius 2 is 1.77 bits per heavy atom. The predicted molar refractivity (Wildman–Crippen MR) is 130 cm³/mol. The predicted octanol–water partition coefficient (Wildman–Crippen LogP) is 3.03. The molecule has 188 valence electrons. The van der Waals surface area contributed by atoms with Gasteiger partial charge < -0.3 is 14.5 Å². The van der Waals surface area contributed by atoms with Crippen LogP contribution in [0, 0.1) is 5.41 Å². The molecule has 3 aliphatic rings. The molecule has 3 aliphatic heterocycles. The van der Waals surface area contributed by atoms with Gasteiger partial charge in [-0.05, 0) is 76.5 Å². The number of carbonyl (C=O) groups is 3. The van der Waals surface area contributed by atoms with Crippen LogP contribution in [-0.2, 0) is 14.3 Å². The summed E-state index contributed by atoms with van der Waals surface area (Å²) in [5, 5.41) is 10.9. The summed E-state index contributed by atoms with van der Waals surface area (Å²) < 4.78 is 7.20. The molecule has 4 heterocycles. The largest absolute Gasteiger partial charge is 0.444 e. The summed E-state index contributed by atoms with van der Waals surface area (Å²) in [6.45, 7) is 9.08. The van der Waals surface area contributed by atoms with Crippen LogP contribution in [0.15, 0.2) is 18.2 Å². The fourth-order valence-electron chi connectivity index (χ4n) is 5.50. The quantitative estimate of drug-likeness (QED) is 0.655. The first-order valence-electron chi connectivity index (χ1n) is 12.5. The van der Waals surface area contributed by atoms with Crippen molar-refractivity contribution in [3.05, 3.63) is 18.2 Å². The second-order valence-electron chi connectivity index (χ2n) is 11.1. The Morgan fingerprint density at radius 3 is 2.43 bits per heavy atom. The van der Waals surface area contributed by atoms with Crippen LogP contribution in [-0.4, -0.2) is 69.6 Å². The summed E-state index contributed by atoms with van der Waals surface area (Å²) in [5.41, 5.74) is 2.44. The number of likely N-dealkylation sites (tertiary alicyclic amines) is 1. The molecule has 5 rings (SSSR count). The zero-order chi connectivity index (χ0) is 24.8. The van der Waals surface area contributed by atoms with Crippen molar-refractivity contribution in [3.63, 3.8) is 0 Å². The van der Waals surface area contributed by atoms with E-state index in [9.17, 15) is 14.4 Å². The van der Waals surface area contributed by atoms with E-state index in [1.165, 1.54) is 0 Å². The normalized spacial score (nSPS) is 23.0. The van der Waals surface area contributed by atoms with Crippen molar-refractivity contribution in [3.8, 4) is 0 Å². The molecular formula is C25H34N6O4. The van der Waals surface area contributed by atoms with E-state index in [-0.39, 0.29) is 23.3 Å². The number of hydrogen-bond acceptors (Lipinski definition) is 7. The maximum atomic E-state index is 12.4. The van der Waals surface area contributed by atoms with Gasteiger partial charge >= 0.3 is 6.09 Å². The number of nitrogens with one attached hydrogen (secondary N) is 1. The summed E-state index contributed by atoms with van der Waals surface area (Å²) >= 11 is 0. The minimum Gasteiger partial charge on any atom is -0.444 e. The number of amides is 3. The molecule has 1 spiro atoms. The number of rotatable bonds is 2. The molecule has 3 saturated heterocycles. The average Bonchev–Trinajstić information content (AvgIpc) is 3.22. The van der Waals surface area contributed by atoms with Gasteiger partial charge in [-0.15, -0.1) is 5.10 Å². The van der Waals surface area contributed by atoms with Gasteiger partial charge in [0, 0.05) is 38.3 Å². The Labute approximate surface area is 204 Å². The SMILES string of the molecule is CC(C)(C)OC(=O)N1CCC2(CC1)CCN(c1ccc3nnn(C4CCC(=O)NC4=O)c3c1)CC2. The van der Waals surface area contributed by atoms with Gasteiger partial charge in [-0.1, -0.05) is 5.21 Å². The number of benzene rings is 1. The molecule has 1 aromatic carbocycles.